The fourth-order valence-electron chi connectivity index (χ4n) is 1.96. The van der Waals surface area contributed by atoms with Crippen LogP contribution in [0, 0.1) is 5.92 Å². The number of hydrogen-bond donors (Lipinski definition) is 2. The van der Waals surface area contributed by atoms with Gasteiger partial charge in [0, 0.05) is 32.1 Å². The van der Waals surface area contributed by atoms with Gasteiger partial charge in [-0.3, -0.25) is 10.00 Å². The number of nitrogens with one attached hydrogen (secondary N) is 2. The highest BCUT2D eigenvalue weighted by Crippen LogP contribution is 2.22. The molecule has 0 radical (unpaired) electrons. The van der Waals surface area contributed by atoms with E-state index in [1.54, 1.807) is 4.68 Å². The molecule has 0 aliphatic carbocycles. The third-order valence-corrected chi connectivity index (χ3v) is 2.84. The lowest BCUT2D eigenvalue weighted by Gasteiger charge is -2.14. The molecule has 0 atom stereocenters. The number of hydrogen-bond acceptors (Lipinski definition) is 4. The molecule has 1 aliphatic rings. The number of carbonyl (C=O) groups excluding carboxylic acids is 1. The van der Waals surface area contributed by atoms with Gasteiger partial charge in [0.05, 0.1) is 12.3 Å². The second-order valence-electron chi connectivity index (χ2n) is 4.94. The van der Waals surface area contributed by atoms with Gasteiger partial charge < -0.3 is 10.1 Å². The maximum Gasteiger partial charge on any atom is 0.412 e. The van der Waals surface area contributed by atoms with Crippen LogP contribution < -0.4 is 10.6 Å². The van der Waals surface area contributed by atoms with Crippen molar-refractivity contribution in [2.24, 2.45) is 13.0 Å². The van der Waals surface area contributed by atoms with Crippen molar-refractivity contribution in [1.29, 1.82) is 0 Å². The Morgan fingerprint density at radius 2 is 2.39 bits per heavy atom. The van der Waals surface area contributed by atoms with Crippen molar-refractivity contribution in [1.82, 2.24) is 15.1 Å². The van der Waals surface area contributed by atoms with E-state index in [1.807, 2.05) is 20.9 Å². The van der Waals surface area contributed by atoms with Crippen LogP contribution in [0.1, 0.15) is 25.1 Å². The van der Waals surface area contributed by atoms with E-state index in [1.165, 1.54) is 0 Å². The predicted octanol–water partition coefficient (Wildman–Crippen LogP) is 1.27. The van der Waals surface area contributed by atoms with Gasteiger partial charge in [0.15, 0.2) is 0 Å². The van der Waals surface area contributed by atoms with Crippen molar-refractivity contribution >= 4 is 11.9 Å². The number of nitrogens with zero attached hydrogens (tertiary/aromatic N) is 2. The third kappa shape index (κ3) is 2.81. The van der Waals surface area contributed by atoms with Crippen molar-refractivity contribution in [3.63, 3.8) is 0 Å². The van der Waals surface area contributed by atoms with E-state index in [4.69, 9.17) is 4.74 Å². The molecule has 0 aromatic carbocycles. The molecule has 0 spiro atoms. The van der Waals surface area contributed by atoms with Crippen LogP contribution in [-0.2, 0) is 24.8 Å². The molecule has 2 rings (SSSR count). The highest BCUT2D eigenvalue weighted by molar-refractivity contribution is 5.84. The monoisotopic (exact) mass is 252 g/mol. The summed E-state index contributed by atoms with van der Waals surface area (Å²) in [5.74, 6) is 1.06. The molecule has 0 unspecified atom stereocenters. The molecule has 100 valence electrons. The first kappa shape index (κ1) is 12.9. The fourth-order valence-corrected chi connectivity index (χ4v) is 1.96. The zero-order valence-electron chi connectivity index (χ0n) is 11.1. The Hall–Kier alpha value is -1.56. The average Bonchev–Trinajstić information content (AvgIpc) is 2.64. The van der Waals surface area contributed by atoms with Gasteiger partial charge in [-0.05, 0) is 5.92 Å². The SMILES string of the molecule is CC(C)COC(=O)Nc1c2c(nn1C)CCNC2. The van der Waals surface area contributed by atoms with E-state index in [9.17, 15) is 4.79 Å². The van der Waals surface area contributed by atoms with Crippen LogP contribution in [0.15, 0.2) is 0 Å². The number of fused-ring (bicyclic) bond motifs is 1. The predicted molar refractivity (Wildman–Crippen MR) is 68.4 cm³/mol. The Kier molecular flexibility index (Phi) is 3.86. The Balaban J connectivity index is 2.04. The Bertz CT molecular complexity index is 440. The van der Waals surface area contributed by atoms with Crippen molar-refractivity contribution in [3.8, 4) is 0 Å². The number of anilines is 1. The van der Waals surface area contributed by atoms with Crippen LogP contribution in [0.5, 0.6) is 0 Å². The van der Waals surface area contributed by atoms with E-state index in [0.29, 0.717) is 12.5 Å². The van der Waals surface area contributed by atoms with Gasteiger partial charge in [-0.25, -0.2) is 4.79 Å². The molecule has 1 aliphatic heterocycles. The average molecular weight is 252 g/mol. The number of aryl methyl sites for hydroxylation is 1. The summed E-state index contributed by atoms with van der Waals surface area (Å²) in [6, 6.07) is 0. The second-order valence-corrected chi connectivity index (χ2v) is 4.94. The summed E-state index contributed by atoms with van der Waals surface area (Å²) in [6.07, 6.45) is 0.478. The molecule has 0 saturated carbocycles. The van der Waals surface area contributed by atoms with Gasteiger partial charge in [-0.2, -0.15) is 5.10 Å². The Labute approximate surface area is 107 Å². The molecule has 2 N–H and O–H groups in total. The molecule has 1 aromatic rings. The first-order chi connectivity index (χ1) is 8.58. The minimum Gasteiger partial charge on any atom is -0.449 e. The standard InChI is InChI=1S/C12H20N4O2/c1-8(2)7-18-12(17)14-11-9-6-13-5-4-10(9)15-16(11)3/h8,13H,4-7H2,1-3H3,(H,14,17). The summed E-state index contributed by atoms with van der Waals surface area (Å²) in [7, 11) is 1.83. The van der Waals surface area contributed by atoms with E-state index in [0.717, 1.165) is 36.6 Å². The van der Waals surface area contributed by atoms with Gasteiger partial charge >= 0.3 is 6.09 Å². The number of amides is 1. The lowest BCUT2D eigenvalue weighted by atomic mass is 10.1. The molecule has 0 saturated heterocycles. The molecule has 0 bridgehead atoms. The molecular formula is C12H20N4O2. The van der Waals surface area contributed by atoms with E-state index < -0.39 is 6.09 Å². The molecule has 1 amide bonds. The summed E-state index contributed by atoms with van der Waals surface area (Å²) in [5, 5.41) is 10.5. The molecule has 6 heteroatoms. The zero-order chi connectivity index (χ0) is 13.1. The number of ether oxygens (including phenoxy) is 1. The van der Waals surface area contributed by atoms with Crippen molar-refractivity contribution in [2.45, 2.75) is 26.8 Å². The molecular weight excluding hydrogens is 232 g/mol. The van der Waals surface area contributed by atoms with Crippen LogP contribution in [0.3, 0.4) is 0 Å². The van der Waals surface area contributed by atoms with Crippen molar-refractivity contribution < 1.29 is 9.53 Å². The largest absolute Gasteiger partial charge is 0.449 e. The fraction of sp³-hybridized carbons (Fsp3) is 0.667. The third-order valence-electron chi connectivity index (χ3n) is 2.84. The smallest absolute Gasteiger partial charge is 0.412 e. The van der Waals surface area contributed by atoms with Gasteiger partial charge in [0.2, 0.25) is 0 Å². The summed E-state index contributed by atoms with van der Waals surface area (Å²) in [6.45, 7) is 6.10. The molecule has 6 nitrogen and oxygen atoms in total. The molecule has 0 fully saturated rings. The van der Waals surface area contributed by atoms with Crippen molar-refractivity contribution in [3.05, 3.63) is 11.3 Å². The van der Waals surface area contributed by atoms with Gasteiger partial charge in [0.25, 0.3) is 0 Å². The summed E-state index contributed by atoms with van der Waals surface area (Å²) in [4.78, 5) is 11.7. The molecule has 1 aromatic heterocycles. The number of rotatable bonds is 3. The quantitative estimate of drug-likeness (QED) is 0.850. The Morgan fingerprint density at radius 3 is 3.11 bits per heavy atom. The normalized spacial score (nSPS) is 14.4. The second kappa shape index (κ2) is 5.39. The number of aromatic nitrogens is 2. The van der Waals surface area contributed by atoms with Crippen molar-refractivity contribution in [2.75, 3.05) is 18.5 Å². The summed E-state index contributed by atoms with van der Waals surface area (Å²) >= 11 is 0. The first-order valence-electron chi connectivity index (χ1n) is 6.27. The lowest BCUT2D eigenvalue weighted by molar-refractivity contribution is 0.147. The minimum absolute atomic E-state index is 0.331. The maximum absolute atomic E-state index is 11.7. The maximum atomic E-state index is 11.7. The lowest BCUT2D eigenvalue weighted by Crippen LogP contribution is -2.24. The topological polar surface area (TPSA) is 68.2 Å². The highest BCUT2D eigenvalue weighted by Gasteiger charge is 2.20. The van der Waals surface area contributed by atoms with Gasteiger partial charge in [0.1, 0.15) is 5.82 Å². The van der Waals surface area contributed by atoms with Crippen LogP contribution in [-0.4, -0.2) is 29.0 Å². The molecule has 18 heavy (non-hydrogen) atoms. The zero-order valence-corrected chi connectivity index (χ0v) is 11.1. The minimum atomic E-state index is -0.417. The van der Waals surface area contributed by atoms with E-state index in [-0.39, 0.29) is 0 Å². The Morgan fingerprint density at radius 1 is 1.61 bits per heavy atom. The van der Waals surface area contributed by atoms with Gasteiger partial charge in [-0.1, -0.05) is 13.8 Å². The molecule has 2 heterocycles. The van der Waals surface area contributed by atoms with Crippen LogP contribution in [0.25, 0.3) is 0 Å². The van der Waals surface area contributed by atoms with Crippen LogP contribution in [0.4, 0.5) is 10.6 Å². The highest BCUT2D eigenvalue weighted by atomic mass is 16.5. The summed E-state index contributed by atoms with van der Waals surface area (Å²) in [5.41, 5.74) is 2.11. The van der Waals surface area contributed by atoms with E-state index in [2.05, 4.69) is 15.7 Å². The van der Waals surface area contributed by atoms with Gasteiger partial charge in [-0.15, -0.1) is 0 Å². The van der Waals surface area contributed by atoms with Crippen LogP contribution in [0.2, 0.25) is 0 Å². The number of carbonyl (C=O) groups is 1. The summed E-state index contributed by atoms with van der Waals surface area (Å²) < 4.78 is 6.81. The van der Waals surface area contributed by atoms with Crippen LogP contribution >= 0.6 is 0 Å². The van der Waals surface area contributed by atoms with E-state index >= 15 is 0 Å². The first-order valence-corrected chi connectivity index (χ1v) is 6.27.